The van der Waals surface area contributed by atoms with Gasteiger partial charge in [0.2, 0.25) is 6.41 Å². The molecule has 0 unspecified atom stereocenters. The molecule has 0 atom stereocenters. The molecule has 1 fully saturated rings. The lowest BCUT2D eigenvalue weighted by Crippen LogP contribution is -2.56. The number of carboxylic acids is 1. The van der Waals surface area contributed by atoms with Crippen molar-refractivity contribution in [2.75, 3.05) is 18.1 Å². The Labute approximate surface area is 94.0 Å². The van der Waals surface area contributed by atoms with Crippen LogP contribution in [0.15, 0.2) is 0 Å². The fourth-order valence-electron chi connectivity index (χ4n) is 1.94. The van der Waals surface area contributed by atoms with Crippen LogP contribution < -0.4 is 0 Å². The maximum absolute atomic E-state index is 11.3. The molecule has 1 aliphatic heterocycles. The Bertz CT molecular complexity index is 239. The van der Waals surface area contributed by atoms with Gasteiger partial charge in [-0.3, -0.25) is 4.79 Å². The van der Waals surface area contributed by atoms with E-state index < -0.39 is 11.5 Å². The summed E-state index contributed by atoms with van der Waals surface area (Å²) in [5, 5.41) is 9.31. The minimum atomic E-state index is -0.941. The van der Waals surface area contributed by atoms with Crippen LogP contribution in [0.25, 0.3) is 0 Å². The Hall–Kier alpha value is -0.710. The Kier molecular flexibility index (Phi) is 4.45. The summed E-state index contributed by atoms with van der Waals surface area (Å²) in [4.78, 5) is 23.8. The zero-order chi connectivity index (χ0) is 11.3. The van der Waals surface area contributed by atoms with Gasteiger partial charge in [-0.05, 0) is 30.8 Å². The molecule has 0 aromatic rings. The van der Waals surface area contributed by atoms with Crippen molar-refractivity contribution in [2.45, 2.75) is 31.7 Å². The molecule has 0 aliphatic carbocycles. The van der Waals surface area contributed by atoms with E-state index in [-0.39, 0.29) is 0 Å². The normalized spacial score (nSPS) is 19.5. The number of carbonyl (C=O) groups is 2. The summed E-state index contributed by atoms with van der Waals surface area (Å²) in [5.41, 5.74) is -0.941. The maximum Gasteiger partial charge on any atom is 0.329 e. The third-order valence-corrected chi connectivity index (χ3v) is 3.85. The van der Waals surface area contributed by atoms with Gasteiger partial charge in [-0.15, -0.1) is 0 Å². The number of thioether (sulfide) groups is 1. The number of nitrogens with zero attached hydrogens (tertiary/aromatic N) is 1. The van der Waals surface area contributed by atoms with Crippen molar-refractivity contribution in [3.05, 3.63) is 0 Å². The van der Waals surface area contributed by atoms with Gasteiger partial charge in [0.1, 0.15) is 5.54 Å². The zero-order valence-corrected chi connectivity index (χ0v) is 9.76. The molecule has 4 nitrogen and oxygen atoms in total. The monoisotopic (exact) mass is 231 g/mol. The van der Waals surface area contributed by atoms with E-state index in [1.807, 2.05) is 6.92 Å². The molecule has 1 saturated heterocycles. The van der Waals surface area contributed by atoms with E-state index in [9.17, 15) is 14.7 Å². The van der Waals surface area contributed by atoms with Gasteiger partial charge in [0.15, 0.2) is 0 Å². The largest absolute Gasteiger partial charge is 0.479 e. The molecule has 5 heteroatoms. The van der Waals surface area contributed by atoms with Crippen LogP contribution >= 0.6 is 11.8 Å². The summed E-state index contributed by atoms with van der Waals surface area (Å²) in [6, 6.07) is 0. The van der Waals surface area contributed by atoms with Crippen molar-refractivity contribution in [1.82, 2.24) is 4.90 Å². The minimum absolute atomic E-state index is 0.528. The molecular formula is C10H17NO3S. The summed E-state index contributed by atoms with van der Waals surface area (Å²) in [6.45, 7) is 2.48. The second kappa shape index (κ2) is 5.39. The van der Waals surface area contributed by atoms with E-state index >= 15 is 0 Å². The second-order valence-corrected chi connectivity index (χ2v) is 4.97. The zero-order valence-electron chi connectivity index (χ0n) is 8.94. The minimum Gasteiger partial charge on any atom is -0.479 e. The molecule has 15 heavy (non-hydrogen) atoms. The number of carboxylic acid groups (broad SMARTS) is 1. The molecule has 0 spiro atoms. The van der Waals surface area contributed by atoms with Crippen molar-refractivity contribution in [3.8, 4) is 0 Å². The molecule has 0 aromatic heterocycles. The van der Waals surface area contributed by atoms with Gasteiger partial charge in [0.25, 0.3) is 0 Å². The van der Waals surface area contributed by atoms with E-state index in [1.165, 1.54) is 4.90 Å². The first-order valence-corrected chi connectivity index (χ1v) is 6.36. The van der Waals surface area contributed by atoms with Crippen LogP contribution in [0.4, 0.5) is 0 Å². The Morgan fingerprint density at radius 1 is 1.53 bits per heavy atom. The molecule has 0 aromatic carbocycles. The number of aliphatic carboxylic acids is 1. The number of amides is 1. The molecule has 1 N–H and O–H groups in total. The SMILES string of the molecule is CCCN(C=O)C1(C(=O)O)CCSCC1. The Balaban J connectivity index is 2.86. The number of hydrogen-bond acceptors (Lipinski definition) is 3. The molecule has 0 radical (unpaired) electrons. The first-order valence-electron chi connectivity index (χ1n) is 5.20. The van der Waals surface area contributed by atoms with Gasteiger partial charge in [-0.2, -0.15) is 11.8 Å². The first kappa shape index (κ1) is 12.4. The van der Waals surface area contributed by atoms with Crippen LogP contribution in [-0.4, -0.2) is 46.0 Å². The third kappa shape index (κ3) is 2.45. The second-order valence-electron chi connectivity index (χ2n) is 3.75. The highest BCUT2D eigenvalue weighted by atomic mass is 32.2. The predicted molar refractivity (Wildman–Crippen MR) is 60.0 cm³/mol. The number of hydrogen-bond donors (Lipinski definition) is 1. The first-order chi connectivity index (χ1) is 7.17. The van der Waals surface area contributed by atoms with Gasteiger partial charge in [0, 0.05) is 6.54 Å². The third-order valence-electron chi connectivity index (χ3n) is 2.86. The fraction of sp³-hybridized carbons (Fsp3) is 0.800. The lowest BCUT2D eigenvalue weighted by atomic mass is 9.90. The molecule has 86 valence electrons. The van der Waals surface area contributed by atoms with E-state index in [1.54, 1.807) is 11.8 Å². The average Bonchev–Trinajstić information content (AvgIpc) is 2.26. The summed E-state index contributed by atoms with van der Waals surface area (Å²) < 4.78 is 0. The maximum atomic E-state index is 11.3. The highest BCUT2D eigenvalue weighted by Gasteiger charge is 2.44. The summed E-state index contributed by atoms with van der Waals surface area (Å²) in [7, 11) is 0. The number of rotatable bonds is 5. The van der Waals surface area contributed by atoms with Gasteiger partial charge in [-0.25, -0.2) is 4.79 Å². The smallest absolute Gasteiger partial charge is 0.329 e. The summed E-state index contributed by atoms with van der Waals surface area (Å²) >= 11 is 1.75. The number of carbonyl (C=O) groups excluding carboxylic acids is 1. The summed E-state index contributed by atoms with van der Waals surface area (Å²) in [5.74, 6) is 0.782. The van der Waals surface area contributed by atoms with Gasteiger partial charge in [-0.1, -0.05) is 6.92 Å². The fourth-order valence-corrected chi connectivity index (χ4v) is 3.11. The van der Waals surface area contributed by atoms with Crippen molar-refractivity contribution < 1.29 is 14.7 Å². The van der Waals surface area contributed by atoms with Crippen LogP contribution in [0.3, 0.4) is 0 Å². The highest BCUT2D eigenvalue weighted by molar-refractivity contribution is 7.99. The lowest BCUT2D eigenvalue weighted by Gasteiger charge is -2.40. The van der Waals surface area contributed by atoms with E-state index in [0.29, 0.717) is 25.8 Å². The molecule has 1 heterocycles. The van der Waals surface area contributed by atoms with Crippen LogP contribution in [-0.2, 0) is 9.59 Å². The quantitative estimate of drug-likeness (QED) is 0.722. The van der Waals surface area contributed by atoms with Crippen LogP contribution in [0, 0.1) is 0 Å². The molecular weight excluding hydrogens is 214 g/mol. The van der Waals surface area contributed by atoms with Crippen molar-refractivity contribution in [1.29, 1.82) is 0 Å². The van der Waals surface area contributed by atoms with Crippen molar-refractivity contribution in [2.24, 2.45) is 0 Å². The van der Waals surface area contributed by atoms with Crippen molar-refractivity contribution >= 4 is 24.1 Å². The average molecular weight is 231 g/mol. The van der Waals surface area contributed by atoms with Gasteiger partial charge in [0.05, 0.1) is 0 Å². The van der Waals surface area contributed by atoms with E-state index in [2.05, 4.69) is 0 Å². The van der Waals surface area contributed by atoms with Gasteiger partial charge < -0.3 is 10.0 Å². The topological polar surface area (TPSA) is 57.6 Å². The van der Waals surface area contributed by atoms with Crippen LogP contribution in [0.1, 0.15) is 26.2 Å². The standard InChI is InChI=1S/C10H17NO3S/c1-2-5-11(8-12)10(9(13)14)3-6-15-7-4-10/h8H,2-7H2,1H3,(H,13,14). The molecule has 0 bridgehead atoms. The van der Waals surface area contributed by atoms with Gasteiger partial charge >= 0.3 is 5.97 Å². The van der Waals surface area contributed by atoms with Crippen LogP contribution in [0.2, 0.25) is 0 Å². The summed E-state index contributed by atoms with van der Waals surface area (Å²) in [6.07, 6.45) is 2.60. The highest BCUT2D eigenvalue weighted by Crippen LogP contribution is 2.32. The van der Waals surface area contributed by atoms with E-state index in [0.717, 1.165) is 17.9 Å². The van der Waals surface area contributed by atoms with Crippen molar-refractivity contribution in [3.63, 3.8) is 0 Å². The predicted octanol–water partition coefficient (Wildman–Crippen LogP) is 1.21. The lowest BCUT2D eigenvalue weighted by molar-refractivity contribution is -0.156. The molecule has 1 rings (SSSR count). The Morgan fingerprint density at radius 3 is 2.53 bits per heavy atom. The molecule has 1 amide bonds. The van der Waals surface area contributed by atoms with Crippen LogP contribution in [0.5, 0.6) is 0 Å². The molecule has 1 aliphatic rings. The molecule has 0 saturated carbocycles. The Morgan fingerprint density at radius 2 is 2.13 bits per heavy atom. The van der Waals surface area contributed by atoms with E-state index in [4.69, 9.17) is 0 Å².